The van der Waals surface area contributed by atoms with Crippen molar-refractivity contribution in [3.63, 3.8) is 0 Å². The van der Waals surface area contributed by atoms with E-state index in [0.717, 1.165) is 6.42 Å². The molecule has 1 aromatic heterocycles. The van der Waals surface area contributed by atoms with Gasteiger partial charge in [-0.05, 0) is 24.6 Å². The highest BCUT2D eigenvalue weighted by Crippen LogP contribution is 2.35. The van der Waals surface area contributed by atoms with Crippen LogP contribution in [0.5, 0.6) is 0 Å². The summed E-state index contributed by atoms with van der Waals surface area (Å²) in [5, 5.41) is 0. The molecule has 2 aliphatic rings. The van der Waals surface area contributed by atoms with Gasteiger partial charge >= 0.3 is 0 Å². The van der Waals surface area contributed by atoms with Gasteiger partial charge in [-0.2, -0.15) is 0 Å². The van der Waals surface area contributed by atoms with Crippen LogP contribution in [-0.4, -0.2) is 39.9 Å². The molecule has 142 valence electrons. The minimum Gasteiger partial charge on any atom is -0.338 e. The van der Waals surface area contributed by atoms with Crippen LogP contribution in [-0.2, 0) is 0 Å². The van der Waals surface area contributed by atoms with Crippen molar-refractivity contribution in [2.45, 2.75) is 18.5 Å². The summed E-state index contributed by atoms with van der Waals surface area (Å²) < 4.78 is 14.3. The number of likely N-dealkylation sites (tertiary alicyclic amines) is 1. The zero-order valence-corrected chi connectivity index (χ0v) is 15.2. The largest absolute Gasteiger partial charge is 0.338 e. The Morgan fingerprint density at radius 3 is 2.82 bits per heavy atom. The third-order valence-corrected chi connectivity index (χ3v) is 5.77. The Hall–Kier alpha value is -2.90. The predicted molar refractivity (Wildman–Crippen MR) is 103 cm³/mol. The van der Waals surface area contributed by atoms with Crippen LogP contribution in [0, 0.1) is 11.7 Å². The molecule has 2 aliphatic heterocycles. The molecule has 3 heterocycles. The molecule has 5 rings (SSSR count). The van der Waals surface area contributed by atoms with Crippen LogP contribution in [0.2, 0.25) is 0 Å². The maximum absolute atomic E-state index is 14.3. The number of piperidine rings is 1. The van der Waals surface area contributed by atoms with Crippen LogP contribution in [0.4, 0.5) is 4.39 Å². The van der Waals surface area contributed by atoms with Gasteiger partial charge in [0, 0.05) is 43.0 Å². The number of para-hydroxylation sites is 1. The maximum Gasteiger partial charge on any atom is 0.256 e. The van der Waals surface area contributed by atoms with E-state index in [9.17, 15) is 9.18 Å². The molecule has 2 saturated heterocycles. The highest BCUT2D eigenvalue weighted by Gasteiger charge is 2.42. The van der Waals surface area contributed by atoms with Crippen molar-refractivity contribution in [1.82, 2.24) is 25.7 Å². The van der Waals surface area contributed by atoms with Crippen molar-refractivity contribution in [2.24, 2.45) is 5.92 Å². The van der Waals surface area contributed by atoms with Crippen molar-refractivity contribution < 1.29 is 9.18 Å². The average Bonchev–Trinajstić information content (AvgIpc) is 3.16. The van der Waals surface area contributed by atoms with Gasteiger partial charge in [0.05, 0.1) is 17.1 Å². The zero-order chi connectivity index (χ0) is 19.1. The van der Waals surface area contributed by atoms with Crippen molar-refractivity contribution >= 4 is 16.9 Å². The number of fused-ring (bicyclic) bond motifs is 2. The normalized spacial score (nSPS) is 24.3. The molecule has 28 heavy (non-hydrogen) atoms. The van der Waals surface area contributed by atoms with Crippen LogP contribution >= 0.6 is 0 Å². The summed E-state index contributed by atoms with van der Waals surface area (Å²) in [6.07, 6.45) is 4.03. The standard InChI is InChI=1S/C21H20FN5O/c22-16-6-2-1-4-13(16)19-15-12-27(11-8-17(15)25-26-19)21(28)14-5-3-7-18-20(14)24-10-9-23-18/h1-7,9-10,15,17,19,25-26H,8,11-12H2. The number of benzene rings is 2. The van der Waals surface area contributed by atoms with Crippen molar-refractivity contribution in [1.29, 1.82) is 0 Å². The molecule has 0 bridgehead atoms. The first-order valence-electron chi connectivity index (χ1n) is 9.47. The molecule has 2 aromatic carbocycles. The molecule has 3 unspecified atom stereocenters. The van der Waals surface area contributed by atoms with Crippen LogP contribution < -0.4 is 10.9 Å². The fourth-order valence-corrected chi connectivity index (χ4v) is 4.36. The summed E-state index contributed by atoms with van der Waals surface area (Å²) >= 11 is 0. The molecule has 3 atom stereocenters. The molecule has 2 N–H and O–H groups in total. The number of amides is 1. The monoisotopic (exact) mass is 377 g/mol. The van der Waals surface area contributed by atoms with Crippen molar-refractivity contribution in [3.8, 4) is 0 Å². The Labute approximate surface area is 161 Å². The van der Waals surface area contributed by atoms with E-state index in [4.69, 9.17) is 0 Å². The Morgan fingerprint density at radius 2 is 1.93 bits per heavy atom. The minimum atomic E-state index is -0.227. The van der Waals surface area contributed by atoms with E-state index in [-0.39, 0.29) is 29.7 Å². The summed E-state index contributed by atoms with van der Waals surface area (Å²) in [7, 11) is 0. The predicted octanol–water partition coefficient (Wildman–Crippen LogP) is 2.45. The average molecular weight is 377 g/mol. The van der Waals surface area contributed by atoms with Gasteiger partial charge in [0.1, 0.15) is 11.3 Å². The lowest BCUT2D eigenvalue weighted by Gasteiger charge is -2.36. The Kier molecular flexibility index (Phi) is 4.26. The van der Waals surface area contributed by atoms with Gasteiger partial charge < -0.3 is 4.90 Å². The number of rotatable bonds is 2. The second-order valence-corrected chi connectivity index (χ2v) is 7.33. The highest BCUT2D eigenvalue weighted by atomic mass is 19.1. The van der Waals surface area contributed by atoms with Gasteiger partial charge in [-0.3, -0.25) is 20.2 Å². The number of hydrazine groups is 1. The number of aromatic nitrogens is 2. The topological polar surface area (TPSA) is 70.2 Å². The summed E-state index contributed by atoms with van der Waals surface area (Å²) in [6, 6.07) is 12.3. The van der Waals surface area contributed by atoms with E-state index in [2.05, 4.69) is 20.8 Å². The second-order valence-electron chi connectivity index (χ2n) is 7.33. The quantitative estimate of drug-likeness (QED) is 0.718. The Balaban J connectivity index is 1.43. The zero-order valence-electron chi connectivity index (χ0n) is 15.2. The lowest BCUT2D eigenvalue weighted by Crippen LogP contribution is -2.47. The van der Waals surface area contributed by atoms with E-state index < -0.39 is 0 Å². The number of halogens is 1. The summed E-state index contributed by atoms with van der Waals surface area (Å²) in [5.74, 6) is -0.186. The molecule has 1 amide bonds. The molecular weight excluding hydrogens is 357 g/mol. The molecule has 0 saturated carbocycles. The Morgan fingerprint density at radius 1 is 1.07 bits per heavy atom. The summed E-state index contributed by atoms with van der Waals surface area (Å²) in [6.45, 7) is 1.20. The lowest BCUT2D eigenvalue weighted by molar-refractivity contribution is 0.0653. The summed E-state index contributed by atoms with van der Waals surface area (Å²) in [5.41, 5.74) is 9.03. The molecule has 2 fully saturated rings. The molecule has 6 nitrogen and oxygen atoms in total. The number of hydrogen-bond acceptors (Lipinski definition) is 5. The maximum atomic E-state index is 14.3. The van der Waals surface area contributed by atoms with E-state index in [1.54, 1.807) is 30.6 Å². The van der Waals surface area contributed by atoms with Gasteiger partial charge in [0.15, 0.2) is 0 Å². The fraction of sp³-hybridized carbons (Fsp3) is 0.286. The molecular formula is C21H20FN5O. The number of hydrogen-bond donors (Lipinski definition) is 2. The second kappa shape index (κ2) is 6.92. The molecule has 7 heteroatoms. The van der Waals surface area contributed by atoms with E-state index in [1.807, 2.05) is 23.1 Å². The van der Waals surface area contributed by atoms with Gasteiger partial charge in [-0.1, -0.05) is 24.3 Å². The minimum absolute atomic E-state index is 0.0521. The first-order valence-corrected chi connectivity index (χ1v) is 9.47. The molecule has 3 aromatic rings. The first kappa shape index (κ1) is 17.2. The third kappa shape index (κ3) is 2.83. The van der Waals surface area contributed by atoms with Crippen molar-refractivity contribution in [2.75, 3.05) is 13.1 Å². The first-order chi connectivity index (χ1) is 13.7. The van der Waals surface area contributed by atoms with Gasteiger partial charge in [-0.25, -0.2) is 9.82 Å². The molecule has 0 aliphatic carbocycles. The number of carbonyl (C=O) groups is 1. The SMILES string of the molecule is O=C(c1cccc2nccnc12)N1CCC2NNC(c3ccccc3F)C2C1. The molecule has 0 spiro atoms. The van der Waals surface area contributed by atoms with Crippen LogP contribution in [0.25, 0.3) is 11.0 Å². The lowest BCUT2D eigenvalue weighted by atomic mass is 9.84. The van der Waals surface area contributed by atoms with Crippen molar-refractivity contribution in [3.05, 3.63) is 71.8 Å². The van der Waals surface area contributed by atoms with Crippen LogP contribution in [0.1, 0.15) is 28.4 Å². The van der Waals surface area contributed by atoms with Crippen LogP contribution in [0.15, 0.2) is 54.9 Å². The summed E-state index contributed by atoms with van der Waals surface area (Å²) in [4.78, 5) is 23.8. The van der Waals surface area contributed by atoms with Gasteiger partial charge in [-0.15, -0.1) is 0 Å². The molecule has 0 radical (unpaired) electrons. The third-order valence-electron chi connectivity index (χ3n) is 5.77. The van der Waals surface area contributed by atoms with Crippen LogP contribution in [0.3, 0.4) is 0 Å². The van der Waals surface area contributed by atoms with E-state index >= 15 is 0 Å². The van der Waals surface area contributed by atoms with Gasteiger partial charge in [0.2, 0.25) is 0 Å². The number of nitrogens with zero attached hydrogens (tertiary/aromatic N) is 3. The van der Waals surface area contributed by atoms with Gasteiger partial charge in [0.25, 0.3) is 5.91 Å². The fourth-order valence-electron chi connectivity index (χ4n) is 4.36. The van der Waals surface area contributed by atoms with E-state index in [0.29, 0.717) is 35.2 Å². The van der Waals surface area contributed by atoms with E-state index in [1.165, 1.54) is 6.07 Å². The number of carbonyl (C=O) groups excluding carboxylic acids is 1. The highest BCUT2D eigenvalue weighted by molar-refractivity contribution is 6.04. The number of nitrogens with one attached hydrogen (secondary N) is 2. The Bertz CT molecular complexity index is 1040. The smallest absolute Gasteiger partial charge is 0.256 e.